The first-order valence-corrected chi connectivity index (χ1v) is 8.36. The molecular weight excluding hydrogens is 461 g/mol. The molecule has 0 heterocycles. The lowest BCUT2D eigenvalue weighted by atomic mass is 10.1. The third kappa shape index (κ3) is 4.81. The second-order valence-corrected chi connectivity index (χ2v) is 6.87. The Morgan fingerprint density at radius 3 is 2.55 bits per heavy atom. The first kappa shape index (κ1) is 17.0. The van der Waals surface area contributed by atoms with E-state index >= 15 is 0 Å². The fourth-order valence-corrected chi connectivity index (χ4v) is 2.98. The van der Waals surface area contributed by atoms with E-state index in [0.717, 1.165) is 13.6 Å². The molecule has 6 heteroatoms. The van der Waals surface area contributed by atoms with Gasteiger partial charge in [-0.2, -0.15) is 0 Å². The molecule has 114 valence electrons. The molecule has 0 radical (unpaired) electrons. The van der Waals surface area contributed by atoms with Gasteiger partial charge in [0.2, 0.25) is 0 Å². The number of carboxylic acid groups (broad SMARTS) is 1. The van der Waals surface area contributed by atoms with Crippen LogP contribution in [0.3, 0.4) is 0 Å². The summed E-state index contributed by atoms with van der Waals surface area (Å²) in [6.07, 6.45) is 0.242. The Morgan fingerprint density at radius 2 is 1.91 bits per heavy atom. The zero-order valence-electron chi connectivity index (χ0n) is 11.4. The molecule has 0 saturated heterocycles. The second-order valence-electron chi connectivity index (χ2n) is 4.71. The first-order chi connectivity index (χ1) is 10.5. The van der Waals surface area contributed by atoms with Gasteiger partial charge in [-0.25, -0.2) is 4.79 Å². The topological polar surface area (TPSA) is 66.4 Å². The number of hydrogen-bond acceptors (Lipinski definition) is 2. The fourth-order valence-electron chi connectivity index (χ4n) is 1.97. The quantitative estimate of drug-likeness (QED) is 0.653. The van der Waals surface area contributed by atoms with Crippen molar-refractivity contribution >= 4 is 50.4 Å². The van der Waals surface area contributed by atoms with Gasteiger partial charge in [0.05, 0.1) is 0 Å². The van der Waals surface area contributed by atoms with Crippen LogP contribution >= 0.6 is 38.5 Å². The standard InChI is InChI=1S/C16H13BrINO3/c17-12-5-2-4-11(9-12)15(20)19-14(16(21)22)8-10-3-1-6-13(18)7-10/h1-7,9,14H,8H2,(H,19,20)(H,21,22)/t14-/m0/s1. The molecule has 0 fully saturated rings. The van der Waals surface area contributed by atoms with E-state index in [1.165, 1.54) is 0 Å². The van der Waals surface area contributed by atoms with Crippen LogP contribution in [-0.2, 0) is 11.2 Å². The number of halogens is 2. The van der Waals surface area contributed by atoms with Crippen LogP contribution in [0.1, 0.15) is 15.9 Å². The molecule has 0 aromatic heterocycles. The van der Waals surface area contributed by atoms with Crippen LogP contribution in [0.15, 0.2) is 53.0 Å². The molecule has 1 amide bonds. The highest BCUT2D eigenvalue weighted by atomic mass is 127. The van der Waals surface area contributed by atoms with Crippen molar-refractivity contribution in [3.8, 4) is 0 Å². The van der Waals surface area contributed by atoms with Crippen molar-refractivity contribution in [2.24, 2.45) is 0 Å². The van der Waals surface area contributed by atoms with Gasteiger partial charge in [-0.1, -0.05) is 34.1 Å². The Morgan fingerprint density at radius 1 is 1.18 bits per heavy atom. The Bertz CT molecular complexity index is 705. The number of nitrogens with one attached hydrogen (secondary N) is 1. The van der Waals surface area contributed by atoms with E-state index in [0.29, 0.717) is 5.56 Å². The monoisotopic (exact) mass is 473 g/mol. The predicted molar refractivity (Wildman–Crippen MR) is 95.9 cm³/mol. The molecule has 0 aliphatic heterocycles. The van der Waals surface area contributed by atoms with Gasteiger partial charge < -0.3 is 10.4 Å². The van der Waals surface area contributed by atoms with Crippen LogP contribution in [0.2, 0.25) is 0 Å². The summed E-state index contributed by atoms with van der Waals surface area (Å²) in [5.41, 5.74) is 1.29. The summed E-state index contributed by atoms with van der Waals surface area (Å²) in [6.45, 7) is 0. The summed E-state index contributed by atoms with van der Waals surface area (Å²) in [5, 5.41) is 11.9. The summed E-state index contributed by atoms with van der Waals surface area (Å²) in [6, 6.07) is 13.4. The lowest BCUT2D eigenvalue weighted by molar-refractivity contribution is -0.139. The Kier molecular flexibility index (Phi) is 5.96. The maximum Gasteiger partial charge on any atom is 0.326 e. The molecular formula is C16H13BrINO3. The van der Waals surface area contributed by atoms with Crippen molar-refractivity contribution in [1.29, 1.82) is 0 Å². The number of carbonyl (C=O) groups is 2. The van der Waals surface area contributed by atoms with Crippen LogP contribution in [0.4, 0.5) is 0 Å². The molecule has 0 spiro atoms. The summed E-state index contributed by atoms with van der Waals surface area (Å²) in [5.74, 6) is -1.46. The minimum atomic E-state index is -1.05. The van der Waals surface area contributed by atoms with Gasteiger partial charge in [0.15, 0.2) is 0 Å². The summed E-state index contributed by atoms with van der Waals surface area (Å²) in [4.78, 5) is 23.6. The molecule has 2 aromatic carbocycles. The normalized spacial score (nSPS) is 11.7. The molecule has 0 bridgehead atoms. The molecule has 2 rings (SSSR count). The summed E-state index contributed by atoms with van der Waals surface area (Å²) < 4.78 is 1.79. The van der Waals surface area contributed by atoms with Crippen molar-refractivity contribution in [2.75, 3.05) is 0 Å². The van der Waals surface area contributed by atoms with Gasteiger partial charge in [0.1, 0.15) is 6.04 Å². The van der Waals surface area contributed by atoms with Gasteiger partial charge in [-0.3, -0.25) is 4.79 Å². The number of aliphatic carboxylic acids is 1. The van der Waals surface area contributed by atoms with Crippen molar-refractivity contribution in [3.05, 3.63) is 67.7 Å². The van der Waals surface area contributed by atoms with Gasteiger partial charge in [0, 0.05) is 20.0 Å². The van der Waals surface area contributed by atoms with Crippen LogP contribution < -0.4 is 5.32 Å². The van der Waals surface area contributed by atoms with Crippen LogP contribution in [0.25, 0.3) is 0 Å². The molecule has 0 aliphatic rings. The van der Waals surface area contributed by atoms with Gasteiger partial charge in [-0.05, 0) is 58.5 Å². The molecule has 0 saturated carbocycles. The Labute approximate surface area is 150 Å². The zero-order chi connectivity index (χ0) is 16.1. The van der Waals surface area contributed by atoms with E-state index < -0.39 is 17.9 Å². The van der Waals surface area contributed by atoms with Gasteiger partial charge >= 0.3 is 5.97 Å². The van der Waals surface area contributed by atoms with Crippen molar-refractivity contribution in [2.45, 2.75) is 12.5 Å². The second kappa shape index (κ2) is 7.73. The van der Waals surface area contributed by atoms with Crippen LogP contribution in [0.5, 0.6) is 0 Å². The van der Waals surface area contributed by atoms with E-state index in [9.17, 15) is 14.7 Å². The largest absolute Gasteiger partial charge is 0.480 e. The number of rotatable bonds is 5. The third-order valence-electron chi connectivity index (χ3n) is 3.02. The average molecular weight is 474 g/mol. The molecule has 0 unspecified atom stereocenters. The van der Waals surface area contributed by atoms with Crippen molar-refractivity contribution in [3.63, 3.8) is 0 Å². The highest BCUT2D eigenvalue weighted by molar-refractivity contribution is 14.1. The van der Waals surface area contributed by atoms with E-state index in [4.69, 9.17) is 0 Å². The predicted octanol–water partition coefficient (Wildman–Crippen LogP) is 3.48. The first-order valence-electron chi connectivity index (χ1n) is 6.49. The zero-order valence-corrected chi connectivity index (χ0v) is 15.2. The van der Waals surface area contributed by atoms with Crippen molar-refractivity contribution in [1.82, 2.24) is 5.32 Å². The SMILES string of the molecule is O=C(N[C@@H](Cc1cccc(I)c1)C(=O)O)c1cccc(Br)c1. The highest BCUT2D eigenvalue weighted by Gasteiger charge is 2.21. The Hall–Kier alpha value is -1.41. The molecule has 4 nitrogen and oxygen atoms in total. The smallest absolute Gasteiger partial charge is 0.326 e. The lowest BCUT2D eigenvalue weighted by Crippen LogP contribution is -2.42. The maximum absolute atomic E-state index is 12.2. The van der Waals surface area contributed by atoms with E-state index in [1.807, 2.05) is 24.3 Å². The summed E-state index contributed by atoms with van der Waals surface area (Å²) >= 11 is 5.46. The number of carbonyl (C=O) groups excluding carboxylic acids is 1. The molecule has 2 aromatic rings. The Balaban J connectivity index is 2.12. The number of carboxylic acids is 1. The lowest BCUT2D eigenvalue weighted by Gasteiger charge is -2.15. The molecule has 22 heavy (non-hydrogen) atoms. The van der Waals surface area contributed by atoms with Crippen LogP contribution in [-0.4, -0.2) is 23.0 Å². The summed E-state index contributed by atoms with van der Waals surface area (Å²) in [7, 11) is 0. The van der Waals surface area contributed by atoms with Crippen molar-refractivity contribution < 1.29 is 14.7 Å². The fraction of sp³-hybridized carbons (Fsp3) is 0.125. The molecule has 2 N–H and O–H groups in total. The number of hydrogen-bond donors (Lipinski definition) is 2. The molecule has 1 atom stereocenters. The highest BCUT2D eigenvalue weighted by Crippen LogP contribution is 2.13. The van der Waals surface area contributed by atoms with Gasteiger partial charge in [0.25, 0.3) is 5.91 Å². The van der Waals surface area contributed by atoms with E-state index in [2.05, 4.69) is 43.8 Å². The van der Waals surface area contributed by atoms with E-state index in [-0.39, 0.29) is 6.42 Å². The molecule has 0 aliphatic carbocycles. The minimum absolute atomic E-state index is 0.242. The third-order valence-corrected chi connectivity index (χ3v) is 4.18. The minimum Gasteiger partial charge on any atom is -0.480 e. The van der Waals surface area contributed by atoms with Gasteiger partial charge in [-0.15, -0.1) is 0 Å². The number of amides is 1. The maximum atomic E-state index is 12.2. The average Bonchev–Trinajstić information content (AvgIpc) is 2.46. The van der Waals surface area contributed by atoms with E-state index in [1.54, 1.807) is 24.3 Å². The van der Waals surface area contributed by atoms with Crippen LogP contribution in [0, 0.1) is 3.57 Å². The number of benzene rings is 2.